The van der Waals surface area contributed by atoms with E-state index < -0.39 is 0 Å². The van der Waals surface area contributed by atoms with Crippen molar-refractivity contribution in [3.63, 3.8) is 0 Å². The molecule has 2 aliphatic rings. The Morgan fingerprint density at radius 1 is 1.17 bits per heavy atom. The first kappa shape index (κ1) is 13.9. The highest BCUT2D eigenvalue weighted by atomic mass is 16.2. The Balaban J connectivity index is 1.82. The molecule has 18 heavy (non-hydrogen) atoms. The highest BCUT2D eigenvalue weighted by Crippen LogP contribution is 2.22. The molecule has 0 aliphatic carbocycles. The van der Waals surface area contributed by atoms with Gasteiger partial charge in [0.1, 0.15) is 0 Å². The van der Waals surface area contributed by atoms with Gasteiger partial charge in [0.05, 0.1) is 6.04 Å². The lowest BCUT2D eigenvalue weighted by molar-refractivity contribution is -0.134. The summed E-state index contributed by atoms with van der Waals surface area (Å²) in [7, 11) is 0. The van der Waals surface area contributed by atoms with Crippen molar-refractivity contribution >= 4 is 5.91 Å². The van der Waals surface area contributed by atoms with Crippen LogP contribution in [-0.2, 0) is 4.79 Å². The van der Waals surface area contributed by atoms with Crippen molar-refractivity contribution in [3.05, 3.63) is 0 Å². The number of hydrogen-bond acceptors (Lipinski definition) is 2. The fourth-order valence-electron chi connectivity index (χ4n) is 3.37. The monoisotopic (exact) mass is 252 g/mol. The van der Waals surface area contributed by atoms with E-state index in [2.05, 4.69) is 17.1 Å². The molecule has 0 aromatic rings. The van der Waals surface area contributed by atoms with Crippen LogP contribution >= 0.6 is 0 Å². The third-order valence-electron chi connectivity index (χ3n) is 4.46. The van der Waals surface area contributed by atoms with Crippen LogP contribution in [0.5, 0.6) is 0 Å². The average molecular weight is 252 g/mol. The van der Waals surface area contributed by atoms with E-state index in [9.17, 15) is 4.79 Å². The molecule has 2 fully saturated rings. The molecule has 1 N–H and O–H groups in total. The summed E-state index contributed by atoms with van der Waals surface area (Å²) in [5, 5.41) is 3.38. The molecule has 0 radical (unpaired) electrons. The van der Waals surface area contributed by atoms with Crippen molar-refractivity contribution < 1.29 is 4.79 Å². The molecule has 0 aromatic heterocycles. The zero-order valence-corrected chi connectivity index (χ0v) is 11.8. The largest absolute Gasteiger partial charge is 0.341 e. The van der Waals surface area contributed by atoms with Crippen molar-refractivity contribution in [2.45, 2.75) is 64.3 Å². The van der Waals surface area contributed by atoms with Crippen LogP contribution in [0, 0.1) is 5.92 Å². The Kier molecular flexibility index (Phi) is 5.48. The zero-order chi connectivity index (χ0) is 12.8. The standard InChI is InChI=1S/C15H28N2O/c1-2-6-13-7-5-11-17(12-9-13)15(18)14-8-3-4-10-16-14/h13-14,16H,2-12H2,1H3. The predicted molar refractivity (Wildman–Crippen MR) is 74.5 cm³/mol. The second-order valence-electron chi connectivity index (χ2n) is 5.91. The lowest BCUT2D eigenvalue weighted by atomic mass is 9.96. The smallest absolute Gasteiger partial charge is 0.239 e. The number of amides is 1. The highest BCUT2D eigenvalue weighted by molar-refractivity contribution is 5.82. The van der Waals surface area contributed by atoms with Gasteiger partial charge < -0.3 is 10.2 Å². The normalized spacial score (nSPS) is 29.9. The number of likely N-dealkylation sites (tertiary alicyclic amines) is 1. The van der Waals surface area contributed by atoms with Gasteiger partial charge >= 0.3 is 0 Å². The third kappa shape index (κ3) is 3.71. The summed E-state index contributed by atoms with van der Waals surface area (Å²) in [5.41, 5.74) is 0. The van der Waals surface area contributed by atoms with Crippen molar-refractivity contribution in [3.8, 4) is 0 Å². The number of piperidine rings is 1. The first-order chi connectivity index (χ1) is 8.81. The number of rotatable bonds is 3. The van der Waals surface area contributed by atoms with Crippen molar-refractivity contribution in [1.82, 2.24) is 10.2 Å². The Hall–Kier alpha value is -0.570. The quantitative estimate of drug-likeness (QED) is 0.837. The van der Waals surface area contributed by atoms with Gasteiger partial charge in [0.25, 0.3) is 0 Å². The summed E-state index contributed by atoms with van der Waals surface area (Å²) in [4.78, 5) is 14.6. The van der Waals surface area contributed by atoms with E-state index in [4.69, 9.17) is 0 Å². The molecule has 0 spiro atoms. The maximum atomic E-state index is 12.4. The van der Waals surface area contributed by atoms with Gasteiger partial charge in [-0.2, -0.15) is 0 Å². The van der Waals surface area contributed by atoms with Crippen molar-refractivity contribution in [1.29, 1.82) is 0 Å². The van der Waals surface area contributed by atoms with Crippen molar-refractivity contribution in [2.24, 2.45) is 5.92 Å². The van der Waals surface area contributed by atoms with Gasteiger partial charge in [-0.15, -0.1) is 0 Å². The molecule has 0 saturated carbocycles. The minimum atomic E-state index is 0.112. The summed E-state index contributed by atoms with van der Waals surface area (Å²) in [6, 6.07) is 0.112. The minimum Gasteiger partial charge on any atom is -0.341 e. The van der Waals surface area contributed by atoms with Crippen molar-refractivity contribution in [2.75, 3.05) is 19.6 Å². The molecular formula is C15H28N2O. The maximum absolute atomic E-state index is 12.4. The Labute approximate surface area is 111 Å². The fraction of sp³-hybridized carbons (Fsp3) is 0.933. The second-order valence-corrected chi connectivity index (χ2v) is 5.91. The molecule has 3 heteroatoms. The van der Waals surface area contributed by atoms with Crippen LogP contribution in [0.2, 0.25) is 0 Å². The van der Waals surface area contributed by atoms with Crippen LogP contribution in [0.1, 0.15) is 58.3 Å². The molecule has 2 aliphatic heterocycles. The van der Waals surface area contributed by atoms with E-state index in [1.165, 1.54) is 44.9 Å². The highest BCUT2D eigenvalue weighted by Gasteiger charge is 2.27. The Morgan fingerprint density at radius 2 is 2.06 bits per heavy atom. The number of carbonyl (C=O) groups is 1. The number of nitrogens with one attached hydrogen (secondary N) is 1. The van der Waals surface area contributed by atoms with Crippen LogP contribution < -0.4 is 5.32 Å². The van der Waals surface area contributed by atoms with Gasteiger partial charge in [-0.05, 0) is 44.6 Å². The molecule has 104 valence electrons. The summed E-state index contributed by atoms with van der Waals surface area (Å²) >= 11 is 0. The van der Waals surface area contributed by atoms with E-state index in [0.717, 1.165) is 32.0 Å². The minimum absolute atomic E-state index is 0.112. The number of hydrogen-bond donors (Lipinski definition) is 1. The van der Waals surface area contributed by atoms with Gasteiger partial charge in [0, 0.05) is 13.1 Å². The van der Waals surface area contributed by atoms with Gasteiger partial charge in [0.2, 0.25) is 5.91 Å². The van der Waals surface area contributed by atoms with E-state index in [0.29, 0.717) is 5.91 Å². The molecular weight excluding hydrogens is 224 g/mol. The fourth-order valence-corrected chi connectivity index (χ4v) is 3.37. The van der Waals surface area contributed by atoms with Crippen LogP contribution in [0.25, 0.3) is 0 Å². The van der Waals surface area contributed by atoms with Gasteiger partial charge in [-0.3, -0.25) is 4.79 Å². The topological polar surface area (TPSA) is 32.3 Å². The zero-order valence-electron chi connectivity index (χ0n) is 11.8. The van der Waals surface area contributed by atoms with Crippen LogP contribution in [0.4, 0.5) is 0 Å². The van der Waals surface area contributed by atoms with Gasteiger partial charge in [-0.25, -0.2) is 0 Å². The maximum Gasteiger partial charge on any atom is 0.239 e. The third-order valence-corrected chi connectivity index (χ3v) is 4.46. The molecule has 0 aromatic carbocycles. The van der Waals surface area contributed by atoms with E-state index in [1.807, 2.05) is 0 Å². The van der Waals surface area contributed by atoms with Crippen LogP contribution in [-0.4, -0.2) is 36.5 Å². The molecule has 3 nitrogen and oxygen atoms in total. The van der Waals surface area contributed by atoms with Gasteiger partial charge in [0.15, 0.2) is 0 Å². The number of nitrogens with zero attached hydrogens (tertiary/aromatic N) is 1. The first-order valence-electron chi connectivity index (χ1n) is 7.83. The molecule has 0 bridgehead atoms. The molecule has 2 heterocycles. The van der Waals surface area contributed by atoms with E-state index in [1.54, 1.807) is 0 Å². The Morgan fingerprint density at radius 3 is 2.78 bits per heavy atom. The molecule has 1 amide bonds. The van der Waals surface area contributed by atoms with Crippen LogP contribution in [0.15, 0.2) is 0 Å². The first-order valence-corrected chi connectivity index (χ1v) is 7.83. The summed E-state index contributed by atoms with van der Waals surface area (Å²) in [6.45, 7) is 5.25. The molecule has 2 unspecified atom stereocenters. The predicted octanol–water partition coefficient (Wildman–Crippen LogP) is 2.56. The van der Waals surface area contributed by atoms with E-state index >= 15 is 0 Å². The summed E-state index contributed by atoms with van der Waals surface area (Å²) in [5.74, 6) is 1.22. The molecule has 2 atom stereocenters. The molecule has 2 rings (SSSR count). The SMILES string of the molecule is CCCC1CCCN(C(=O)C2CCCCN2)CC1. The molecule has 2 saturated heterocycles. The lowest BCUT2D eigenvalue weighted by Crippen LogP contribution is -2.48. The lowest BCUT2D eigenvalue weighted by Gasteiger charge is -2.29. The number of carbonyl (C=O) groups excluding carboxylic acids is 1. The van der Waals surface area contributed by atoms with Gasteiger partial charge in [-0.1, -0.05) is 26.2 Å². The summed E-state index contributed by atoms with van der Waals surface area (Å²) < 4.78 is 0. The Bertz CT molecular complexity index is 261. The summed E-state index contributed by atoms with van der Waals surface area (Å²) in [6.07, 6.45) is 9.81. The average Bonchev–Trinajstić information content (AvgIpc) is 2.65. The second kappa shape index (κ2) is 7.13. The van der Waals surface area contributed by atoms with E-state index in [-0.39, 0.29) is 6.04 Å². The van der Waals surface area contributed by atoms with Crippen LogP contribution in [0.3, 0.4) is 0 Å².